The standard InChI is InChI=1S/C24H31BrN2O3/c1-16(2)13-26-24(29)19(5)27(14-20-7-6-8-21(25)12-20)23(28)15-30-22-10-17(3)9-18(4)11-22/h6-12,16,19H,13-15H2,1-5H3,(H,26,29)/t19-/m1/s1. The van der Waals surface area contributed by atoms with Crippen LogP contribution in [0.2, 0.25) is 0 Å². The second kappa shape index (κ2) is 11.2. The number of hydrogen-bond donors (Lipinski definition) is 1. The first kappa shape index (κ1) is 23.9. The molecule has 0 radical (unpaired) electrons. The number of carbonyl (C=O) groups is 2. The lowest BCUT2D eigenvalue weighted by Gasteiger charge is -2.29. The van der Waals surface area contributed by atoms with E-state index in [0.717, 1.165) is 21.2 Å². The van der Waals surface area contributed by atoms with Crippen LogP contribution in [0.3, 0.4) is 0 Å². The molecule has 0 fully saturated rings. The van der Waals surface area contributed by atoms with E-state index >= 15 is 0 Å². The summed E-state index contributed by atoms with van der Waals surface area (Å²) < 4.78 is 6.69. The minimum atomic E-state index is -0.613. The number of nitrogens with one attached hydrogen (secondary N) is 1. The van der Waals surface area contributed by atoms with Gasteiger partial charge in [-0.1, -0.05) is 48.0 Å². The third-order valence-electron chi connectivity index (χ3n) is 4.65. The topological polar surface area (TPSA) is 58.6 Å². The van der Waals surface area contributed by atoms with E-state index in [0.29, 0.717) is 24.8 Å². The number of ether oxygens (including phenoxy) is 1. The smallest absolute Gasteiger partial charge is 0.261 e. The molecule has 0 heterocycles. The van der Waals surface area contributed by atoms with Gasteiger partial charge in [-0.3, -0.25) is 9.59 Å². The normalized spacial score (nSPS) is 11.8. The maximum absolute atomic E-state index is 13.1. The minimum Gasteiger partial charge on any atom is -0.484 e. The summed E-state index contributed by atoms with van der Waals surface area (Å²) in [5, 5.41) is 2.92. The molecule has 30 heavy (non-hydrogen) atoms. The highest BCUT2D eigenvalue weighted by atomic mass is 79.9. The fraction of sp³-hybridized carbons (Fsp3) is 0.417. The van der Waals surface area contributed by atoms with Crippen LogP contribution < -0.4 is 10.1 Å². The molecule has 0 unspecified atom stereocenters. The molecule has 2 aromatic carbocycles. The van der Waals surface area contributed by atoms with E-state index in [9.17, 15) is 9.59 Å². The molecule has 0 bridgehead atoms. The van der Waals surface area contributed by atoms with Gasteiger partial charge in [-0.15, -0.1) is 0 Å². The first-order valence-corrected chi connectivity index (χ1v) is 11.0. The summed E-state index contributed by atoms with van der Waals surface area (Å²) in [6.07, 6.45) is 0. The molecular weight excluding hydrogens is 444 g/mol. The molecule has 1 N–H and O–H groups in total. The van der Waals surface area contributed by atoms with Gasteiger partial charge in [0.25, 0.3) is 5.91 Å². The molecular formula is C24H31BrN2O3. The second-order valence-corrected chi connectivity index (χ2v) is 8.99. The van der Waals surface area contributed by atoms with Crippen molar-refractivity contribution < 1.29 is 14.3 Å². The monoisotopic (exact) mass is 474 g/mol. The molecule has 0 spiro atoms. The predicted molar refractivity (Wildman–Crippen MR) is 123 cm³/mol. The fourth-order valence-corrected chi connectivity index (χ4v) is 3.56. The van der Waals surface area contributed by atoms with Crippen LogP contribution in [0.1, 0.15) is 37.5 Å². The molecule has 0 aromatic heterocycles. The Bertz CT molecular complexity index is 862. The number of hydrogen-bond acceptors (Lipinski definition) is 3. The molecule has 2 rings (SSSR count). The summed E-state index contributed by atoms with van der Waals surface area (Å²) in [7, 11) is 0. The number of amides is 2. The molecule has 5 nitrogen and oxygen atoms in total. The van der Waals surface area contributed by atoms with E-state index in [2.05, 4.69) is 27.3 Å². The van der Waals surface area contributed by atoms with Gasteiger partial charge in [0.15, 0.2) is 6.61 Å². The fourth-order valence-electron chi connectivity index (χ4n) is 3.11. The zero-order valence-corrected chi connectivity index (χ0v) is 20.0. The highest BCUT2D eigenvalue weighted by molar-refractivity contribution is 9.10. The van der Waals surface area contributed by atoms with Crippen molar-refractivity contribution in [3.05, 3.63) is 63.6 Å². The van der Waals surface area contributed by atoms with E-state index in [-0.39, 0.29) is 18.4 Å². The van der Waals surface area contributed by atoms with Crippen LogP contribution in [0.5, 0.6) is 5.75 Å². The van der Waals surface area contributed by atoms with E-state index in [1.54, 1.807) is 11.8 Å². The summed E-state index contributed by atoms with van der Waals surface area (Å²) in [6, 6.07) is 13.0. The Hall–Kier alpha value is -2.34. The lowest BCUT2D eigenvalue weighted by atomic mass is 10.1. The van der Waals surface area contributed by atoms with Crippen LogP contribution >= 0.6 is 15.9 Å². The van der Waals surface area contributed by atoms with Gasteiger partial charge in [0.05, 0.1) is 0 Å². The molecule has 0 aliphatic heterocycles. The van der Waals surface area contributed by atoms with Crippen LogP contribution in [-0.2, 0) is 16.1 Å². The third kappa shape index (κ3) is 7.48. The Morgan fingerprint density at radius 3 is 2.33 bits per heavy atom. The van der Waals surface area contributed by atoms with Crippen LogP contribution in [0.4, 0.5) is 0 Å². The van der Waals surface area contributed by atoms with Crippen molar-refractivity contribution in [2.24, 2.45) is 5.92 Å². The number of rotatable bonds is 9. The van der Waals surface area contributed by atoms with Gasteiger partial charge in [0.2, 0.25) is 5.91 Å². The zero-order chi connectivity index (χ0) is 22.3. The largest absolute Gasteiger partial charge is 0.484 e. The van der Waals surface area contributed by atoms with Crippen molar-refractivity contribution in [2.45, 2.75) is 47.2 Å². The summed E-state index contributed by atoms with van der Waals surface area (Å²) in [5.41, 5.74) is 3.09. The summed E-state index contributed by atoms with van der Waals surface area (Å²) in [5.74, 6) is 0.586. The summed E-state index contributed by atoms with van der Waals surface area (Å²) in [4.78, 5) is 27.3. The van der Waals surface area contributed by atoms with Crippen molar-refractivity contribution >= 4 is 27.7 Å². The van der Waals surface area contributed by atoms with Gasteiger partial charge >= 0.3 is 0 Å². The maximum Gasteiger partial charge on any atom is 0.261 e. The first-order valence-electron chi connectivity index (χ1n) is 10.2. The summed E-state index contributed by atoms with van der Waals surface area (Å²) in [6.45, 7) is 10.6. The molecule has 162 valence electrons. The van der Waals surface area contributed by atoms with Crippen LogP contribution in [0, 0.1) is 19.8 Å². The van der Waals surface area contributed by atoms with Gasteiger partial charge < -0.3 is 15.0 Å². The number of halogens is 1. The van der Waals surface area contributed by atoms with Crippen LogP contribution in [-0.4, -0.2) is 35.9 Å². The molecule has 2 aromatic rings. The number of aryl methyl sites for hydroxylation is 2. The zero-order valence-electron chi connectivity index (χ0n) is 18.4. The Morgan fingerprint density at radius 1 is 1.07 bits per heavy atom. The van der Waals surface area contributed by atoms with Crippen molar-refractivity contribution in [3.8, 4) is 5.75 Å². The SMILES string of the molecule is Cc1cc(C)cc(OCC(=O)N(Cc2cccc(Br)c2)[C@H](C)C(=O)NCC(C)C)c1. The molecule has 0 aliphatic rings. The highest BCUT2D eigenvalue weighted by Gasteiger charge is 2.26. The quantitative estimate of drug-likeness (QED) is 0.575. The van der Waals surface area contributed by atoms with E-state index in [1.165, 1.54) is 0 Å². The second-order valence-electron chi connectivity index (χ2n) is 8.08. The van der Waals surface area contributed by atoms with Crippen molar-refractivity contribution in [1.82, 2.24) is 10.2 Å². The molecule has 2 amide bonds. The Kier molecular flexibility index (Phi) is 8.90. The van der Waals surface area contributed by atoms with Gasteiger partial charge in [0, 0.05) is 17.6 Å². The van der Waals surface area contributed by atoms with E-state index in [1.807, 2.05) is 64.1 Å². The van der Waals surface area contributed by atoms with E-state index in [4.69, 9.17) is 4.74 Å². The number of carbonyl (C=O) groups excluding carboxylic acids is 2. The van der Waals surface area contributed by atoms with E-state index < -0.39 is 6.04 Å². The lowest BCUT2D eigenvalue weighted by Crippen LogP contribution is -2.49. The van der Waals surface area contributed by atoms with Gasteiger partial charge in [-0.25, -0.2) is 0 Å². The van der Waals surface area contributed by atoms with Crippen molar-refractivity contribution in [3.63, 3.8) is 0 Å². The molecule has 0 aliphatic carbocycles. The van der Waals surface area contributed by atoms with Gasteiger partial charge in [0.1, 0.15) is 11.8 Å². The van der Waals surface area contributed by atoms with Crippen molar-refractivity contribution in [1.29, 1.82) is 0 Å². The average Bonchev–Trinajstić information content (AvgIpc) is 2.67. The third-order valence-corrected chi connectivity index (χ3v) is 5.14. The Morgan fingerprint density at radius 2 is 1.73 bits per heavy atom. The summed E-state index contributed by atoms with van der Waals surface area (Å²) >= 11 is 3.46. The molecule has 0 saturated carbocycles. The van der Waals surface area contributed by atoms with Crippen LogP contribution in [0.25, 0.3) is 0 Å². The highest BCUT2D eigenvalue weighted by Crippen LogP contribution is 2.18. The molecule has 6 heteroatoms. The Balaban J connectivity index is 2.15. The molecule has 0 saturated heterocycles. The molecule has 1 atom stereocenters. The average molecular weight is 475 g/mol. The number of benzene rings is 2. The van der Waals surface area contributed by atoms with Crippen LogP contribution in [0.15, 0.2) is 46.9 Å². The lowest BCUT2D eigenvalue weighted by molar-refractivity contribution is -0.142. The predicted octanol–water partition coefficient (Wildman–Crippen LogP) is 4.63. The minimum absolute atomic E-state index is 0.126. The first-order chi connectivity index (χ1) is 14.2. The maximum atomic E-state index is 13.1. The Labute approximate surface area is 187 Å². The van der Waals surface area contributed by atoms with Gasteiger partial charge in [-0.05, 0) is 67.6 Å². The van der Waals surface area contributed by atoms with Gasteiger partial charge in [-0.2, -0.15) is 0 Å². The van der Waals surface area contributed by atoms with Crippen molar-refractivity contribution in [2.75, 3.05) is 13.2 Å². The number of nitrogens with zero attached hydrogens (tertiary/aromatic N) is 1.